The lowest BCUT2D eigenvalue weighted by Gasteiger charge is -2.03. The molecule has 0 aliphatic rings. The van der Waals surface area contributed by atoms with Crippen molar-refractivity contribution in [1.82, 2.24) is 9.97 Å². The molecule has 2 rings (SSSR count). The van der Waals surface area contributed by atoms with Gasteiger partial charge in [-0.3, -0.25) is 9.97 Å². The average molecular weight is 199 g/mol. The molecule has 0 aliphatic heterocycles. The molecule has 15 heavy (non-hydrogen) atoms. The van der Waals surface area contributed by atoms with Crippen LogP contribution >= 0.6 is 0 Å². The molecule has 0 unspecified atom stereocenters. The summed E-state index contributed by atoms with van der Waals surface area (Å²) in [7, 11) is 0. The molecule has 0 saturated heterocycles. The van der Waals surface area contributed by atoms with Crippen LogP contribution in [0, 0.1) is 0 Å². The monoisotopic (exact) mass is 199 g/mol. The van der Waals surface area contributed by atoms with Gasteiger partial charge in [-0.2, -0.15) is 0 Å². The lowest BCUT2D eigenvalue weighted by molar-refractivity contribution is 0.909. The van der Waals surface area contributed by atoms with Crippen molar-refractivity contribution in [1.29, 1.82) is 0 Å². The first-order valence-electron chi connectivity index (χ1n) is 4.94. The SMILES string of the molecule is Nc1ccncc1CCc1ccccn1. The van der Waals surface area contributed by atoms with Crippen molar-refractivity contribution in [3.8, 4) is 0 Å². The predicted molar refractivity (Wildman–Crippen MR) is 60.3 cm³/mol. The van der Waals surface area contributed by atoms with Gasteiger partial charge in [0.1, 0.15) is 0 Å². The topological polar surface area (TPSA) is 51.8 Å². The zero-order valence-corrected chi connectivity index (χ0v) is 8.43. The number of aryl methyl sites for hydroxylation is 2. The summed E-state index contributed by atoms with van der Waals surface area (Å²) in [5.41, 5.74) is 8.80. The smallest absolute Gasteiger partial charge is 0.0406 e. The molecule has 0 atom stereocenters. The number of nitrogens with zero attached hydrogens (tertiary/aromatic N) is 2. The van der Waals surface area contributed by atoms with E-state index in [0.717, 1.165) is 29.8 Å². The van der Waals surface area contributed by atoms with Gasteiger partial charge in [0.25, 0.3) is 0 Å². The molecule has 0 radical (unpaired) electrons. The Morgan fingerprint density at radius 1 is 1.07 bits per heavy atom. The molecule has 0 amide bonds. The lowest BCUT2D eigenvalue weighted by atomic mass is 10.1. The quantitative estimate of drug-likeness (QED) is 0.820. The Bertz CT molecular complexity index is 426. The van der Waals surface area contributed by atoms with Gasteiger partial charge < -0.3 is 5.73 Å². The lowest BCUT2D eigenvalue weighted by Crippen LogP contribution is -1.98. The van der Waals surface area contributed by atoms with Crippen LogP contribution in [-0.4, -0.2) is 9.97 Å². The Hall–Kier alpha value is -1.90. The summed E-state index contributed by atoms with van der Waals surface area (Å²) in [6.45, 7) is 0. The number of rotatable bonds is 3. The van der Waals surface area contributed by atoms with E-state index in [1.165, 1.54) is 0 Å². The fourth-order valence-corrected chi connectivity index (χ4v) is 1.46. The number of nitrogen functional groups attached to an aromatic ring is 1. The van der Waals surface area contributed by atoms with Gasteiger partial charge in [0.2, 0.25) is 0 Å². The number of aromatic nitrogens is 2. The third-order valence-electron chi connectivity index (χ3n) is 2.32. The molecular formula is C12H13N3. The van der Waals surface area contributed by atoms with Crippen LogP contribution in [0.1, 0.15) is 11.3 Å². The second-order valence-corrected chi connectivity index (χ2v) is 3.40. The highest BCUT2D eigenvalue weighted by atomic mass is 14.7. The highest BCUT2D eigenvalue weighted by Crippen LogP contribution is 2.11. The number of nitrogens with two attached hydrogens (primary N) is 1. The zero-order chi connectivity index (χ0) is 10.5. The van der Waals surface area contributed by atoms with E-state index >= 15 is 0 Å². The van der Waals surface area contributed by atoms with E-state index in [-0.39, 0.29) is 0 Å². The highest BCUT2D eigenvalue weighted by molar-refractivity contribution is 5.44. The van der Waals surface area contributed by atoms with Crippen LogP contribution in [0.15, 0.2) is 42.9 Å². The first kappa shape index (κ1) is 9.65. The van der Waals surface area contributed by atoms with Crippen LogP contribution in [0.5, 0.6) is 0 Å². The molecular weight excluding hydrogens is 186 g/mol. The van der Waals surface area contributed by atoms with Gasteiger partial charge in [-0.15, -0.1) is 0 Å². The van der Waals surface area contributed by atoms with Gasteiger partial charge in [-0.1, -0.05) is 6.07 Å². The number of hydrogen-bond donors (Lipinski definition) is 1. The molecule has 2 N–H and O–H groups in total. The predicted octanol–water partition coefficient (Wildman–Crippen LogP) is 1.84. The Morgan fingerprint density at radius 3 is 2.73 bits per heavy atom. The molecule has 0 aromatic carbocycles. The fourth-order valence-electron chi connectivity index (χ4n) is 1.46. The molecule has 0 aliphatic carbocycles. The minimum atomic E-state index is 0.806. The minimum Gasteiger partial charge on any atom is -0.398 e. The van der Waals surface area contributed by atoms with Crippen molar-refractivity contribution in [3.63, 3.8) is 0 Å². The van der Waals surface area contributed by atoms with Crippen molar-refractivity contribution in [2.24, 2.45) is 0 Å². The van der Waals surface area contributed by atoms with Gasteiger partial charge in [-0.05, 0) is 36.6 Å². The highest BCUT2D eigenvalue weighted by Gasteiger charge is 1.99. The third-order valence-corrected chi connectivity index (χ3v) is 2.32. The van der Waals surface area contributed by atoms with Gasteiger partial charge in [-0.25, -0.2) is 0 Å². The van der Waals surface area contributed by atoms with E-state index in [4.69, 9.17) is 5.73 Å². The van der Waals surface area contributed by atoms with E-state index in [1.54, 1.807) is 6.20 Å². The summed E-state index contributed by atoms with van der Waals surface area (Å²) in [6.07, 6.45) is 7.12. The molecule has 3 heteroatoms. The standard InChI is InChI=1S/C12H13N3/c13-12-6-8-14-9-10(12)4-5-11-3-1-2-7-15-11/h1-3,6-9H,4-5H2,(H2,13,14). The Morgan fingerprint density at radius 2 is 2.00 bits per heavy atom. The molecule has 2 aromatic rings. The van der Waals surface area contributed by atoms with E-state index in [1.807, 2.05) is 36.7 Å². The Kier molecular flexibility index (Phi) is 2.93. The van der Waals surface area contributed by atoms with Crippen molar-refractivity contribution in [2.45, 2.75) is 12.8 Å². The van der Waals surface area contributed by atoms with Crippen molar-refractivity contribution in [3.05, 3.63) is 54.1 Å². The van der Waals surface area contributed by atoms with Gasteiger partial charge in [0.05, 0.1) is 0 Å². The molecule has 2 heterocycles. The molecule has 0 saturated carbocycles. The average Bonchev–Trinajstić information content (AvgIpc) is 2.29. The first-order valence-corrected chi connectivity index (χ1v) is 4.94. The minimum absolute atomic E-state index is 0.806. The van der Waals surface area contributed by atoms with Gasteiger partial charge >= 0.3 is 0 Å². The van der Waals surface area contributed by atoms with E-state index in [9.17, 15) is 0 Å². The van der Waals surface area contributed by atoms with E-state index in [0.29, 0.717) is 0 Å². The summed E-state index contributed by atoms with van der Waals surface area (Å²) in [6, 6.07) is 7.76. The van der Waals surface area contributed by atoms with Gasteiger partial charge in [0, 0.05) is 30.0 Å². The van der Waals surface area contributed by atoms with Crippen molar-refractivity contribution < 1.29 is 0 Å². The van der Waals surface area contributed by atoms with E-state index in [2.05, 4.69) is 9.97 Å². The third kappa shape index (κ3) is 2.53. The van der Waals surface area contributed by atoms with Crippen LogP contribution < -0.4 is 5.73 Å². The summed E-state index contributed by atoms with van der Waals surface area (Å²) < 4.78 is 0. The maximum absolute atomic E-state index is 5.82. The van der Waals surface area contributed by atoms with Crippen LogP contribution in [0.3, 0.4) is 0 Å². The summed E-state index contributed by atoms with van der Waals surface area (Å²) in [5.74, 6) is 0. The summed E-state index contributed by atoms with van der Waals surface area (Å²) in [4.78, 5) is 8.32. The van der Waals surface area contributed by atoms with Crippen molar-refractivity contribution in [2.75, 3.05) is 5.73 Å². The molecule has 0 fully saturated rings. The molecule has 0 bridgehead atoms. The first-order chi connectivity index (χ1) is 7.36. The Labute approximate surface area is 89.0 Å². The molecule has 76 valence electrons. The molecule has 0 spiro atoms. The van der Waals surface area contributed by atoms with Crippen LogP contribution in [-0.2, 0) is 12.8 Å². The van der Waals surface area contributed by atoms with Crippen molar-refractivity contribution >= 4 is 5.69 Å². The number of hydrogen-bond acceptors (Lipinski definition) is 3. The molecule has 2 aromatic heterocycles. The van der Waals surface area contributed by atoms with Crippen LogP contribution in [0.4, 0.5) is 5.69 Å². The van der Waals surface area contributed by atoms with Crippen LogP contribution in [0.2, 0.25) is 0 Å². The van der Waals surface area contributed by atoms with Gasteiger partial charge in [0.15, 0.2) is 0 Å². The molecule has 3 nitrogen and oxygen atoms in total. The Balaban J connectivity index is 2.03. The number of anilines is 1. The maximum atomic E-state index is 5.82. The second-order valence-electron chi connectivity index (χ2n) is 3.40. The summed E-state index contributed by atoms with van der Waals surface area (Å²) >= 11 is 0. The fraction of sp³-hybridized carbons (Fsp3) is 0.167. The zero-order valence-electron chi connectivity index (χ0n) is 8.43. The van der Waals surface area contributed by atoms with Crippen LogP contribution in [0.25, 0.3) is 0 Å². The largest absolute Gasteiger partial charge is 0.398 e. The van der Waals surface area contributed by atoms with E-state index < -0.39 is 0 Å². The number of pyridine rings is 2. The normalized spacial score (nSPS) is 10.1. The second kappa shape index (κ2) is 4.55. The maximum Gasteiger partial charge on any atom is 0.0406 e. The summed E-state index contributed by atoms with van der Waals surface area (Å²) in [5, 5.41) is 0.